The third-order valence-electron chi connectivity index (χ3n) is 3.02. The Bertz CT molecular complexity index is 421. The lowest BCUT2D eigenvalue weighted by Crippen LogP contribution is -2.47. The Kier molecular flexibility index (Phi) is 3.06. The van der Waals surface area contributed by atoms with Gasteiger partial charge in [0, 0.05) is 13.2 Å². The van der Waals surface area contributed by atoms with Gasteiger partial charge in [0.05, 0.1) is 24.0 Å². The maximum absolute atomic E-state index is 12.2. The summed E-state index contributed by atoms with van der Waals surface area (Å²) in [5, 5.41) is 7.02. The van der Waals surface area contributed by atoms with Crippen LogP contribution >= 0.6 is 0 Å². The maximum Gasteiger partial charge on any atom is 0.272 e. The molecular weight excluding hydrogens is 220 g/mol. The van der Waals surface area contributed by atoms with Crippen molar-refractivity contribution in [2.45, 2.75) is 32.4 Å². The molecule has 6 heteroatoms. The number of nitrogens with zero attached hydrogens (tertiary/aromatic N) is 2. The van der Waals surface area contributed by atoms with Crippen molar-refractivity contribution in [2.75, 3.05) is 18.9 Å². The summed E-state index contributed by atoms with van der Waals surface area (Å²) < 4.78 is 6.90. The summed E-state index contributed by atoms with van der Waals surface area (Å²) in [5.74, 6) is -0.185. The van der Waals surface area contributed by atoms with Crippen molar-refractivity contribution in [1.29, 1.82) is 0 Å². The van der Waals surface area contributed by atoms with Crippen molar-refractivity contribution < 1.29 is 9.53 Å². The fraction of sp³-hybridized carbons (Fsp3) is 0.636. The van der Waals surface area contributed by atoms with Crippen LogP contribution in [-0.4, -0.2) is 34.4 Å². The van der Waals surface area contributed by atoms with Gasteiger partial charge in [-0.25, -0.2) is 0 Å². The maximum atomic E-state index is 12.2. The van der Waals surface area contributed by atoms with Crippen LogP contribution in [0.5, 0.6) is 0 Å². The molecule has 3 N–H and O–H groups in total. The number of amides is 1. The number of aryl methyl sites for hydroxylation is 1. The lowest BCUT2D eigenvalue weighted by Gasteiger charge is -2.23. The molecule has 1 aromatic rings. The average molecular weight is 238 g/mol. The topological polar surface area (TPSA) is 82.2 Å². The number of nitrogen functional groups attached to an aromatic ring is 1. The van der Waals surface area contributed by atoms with E-state index in [0.29, 0.717) is 31.1 Å². The molecule has 0 aromatic carbocycles. The largest absolute Gasteiger partial charge is 0.396 e. The number of nitrogens with one attached hydrogen (secondary N) is 1. The summed E-state index contributed by atoms with van der Waals surface area (Å²) in [6.07, 6.45) is 2.32. The van der Waals surface area contributed by atoms with Crippen molar-refractivity contribution in [3.63, 3.8) is 0 Å². The summed E-state index contributed by atoms with van der Waals surface area (Å²) in [6, 6.07) is 0. The Labute approximate surface area is 100 Å². The van der Waals surface area contributed by atoms with Crippen LogP contribution < -0.4 is 11.1 Å². The van der Waals surface area contributed by atoms with Crippen LogP contribution in [0.3, 0.4) is 0 Å². The van der Waals surface area contributed by atoms with Gasteiger partial charge in [-0.1, -0.05) is 0 Å². The zero-order valence-corrected chi connectivity index (χ0v) is 10.2. The van der Waals surface area contributed by atoms with Gasteiger partial charge in [0.2, 0.25) is 0 Å². The van der Waals surface area contributed by atoms with E-state index in [1.807, 2.05) is 13.8 Å². The molecule has 2 rings (SSSR count). The van der Waals surface area contributed by atoms with Crippen molar-refractivity contribution in [3.8, 4) is 0 Å². The van der Waals surface area contributed by atoms with Crippen LogP contribution in [0.25, 0.3) is 0 Å². The minimum absolute atomic E-state index is 0.185. The molecule has 0 spiro atoms. The number of rotatable bonds is 3. The van der Waals surface area contributed by atoms with E-state index in [9.17, 15) is 4.79 Å². The first-order valence-electron chi connectivity index (χ1n) is 5.77. The summed E-state index contributed by atoms with van der Waals surface area (Å²) in [7, 11) is 0. The summed E-state index contributed by atoms with van der Waals surface area (Å²) in [6.45, 7) is 5.73. The van der Waals surface area contributed by atoms with Crippen molar-refractivity contribution in [3.05, 3.63) is 11.9 Å². The Hall–Kier alpha value is -1.56. The van der Waals surface area contributed by atoms with Gasteiger partial charge < -0.3 is 15.8 Å². The van der Waals surface area contributed by atoms with Gasteiger partial charge in [0.1, 0.15) is 5.69 Å². The molecular formula is C11H18N4O2. The van der Waals surface area contributed by atoms with Gasteiger partial charge in [-0.15, -0.1) is 0 Å². The van der Waals surface area contributed by atoms with Crippen molar-refractivity contribution in [1.82, 2.24) is 15.1 Å². The first-order chi connectivity index (χ1) is 8.06. The fourth-order valence-corrected chi connectivity index (χ4v) is 1.99. The third-order valence-corrected chi connectivity index (χ3v) is 3.02. The van der Waals surface area contributed by atoms with E-state index >= 15 is 0 Å². The zero-order chi connectivity index (χ0) is 12.5. The van der Waals surface area contributed by atoms with E-state index in [1.165, 1.54) is 6.20 Å². The molecule has 1 aromatic heterocycles. The van der Waals surface area contributed by atoms with Crippen LogP contribution in [0.15, 0.2) is 6.20 Å². The minimum Gasteiger partial charge on any atom is -0.396 e. The van der Waals surface area contributed by atoms with Gasteiger partial charge in [-0.05, 0) is 20.3 Å². The second-order valence-electron chi connectivity index (χ2n) is 4.58. The van der Waals surface area contributed by atoms with Crippen LogP contribution in [0.2, 0.25) is 0 Å². The number of carbonyl (C=O) groups is 1. The number of nitrogens with two attached hydrogens (primary N) is 1. The highest BCUT2D eigenvalue weighted by Crippen LogP contribution is 2.19. The van der Waals surface area contributed by atoms with Crippen molar-refractivity contribution >= 4 is 11.6 Å². The Balaban J connectivity index is 2.16. The minimum atomic E-state index is -0.299. The quantitative estimate of drug-likeness (QED) is 0.798. The molecule has 2 heterocycles. The number of hydrogen-bond acceptors (Lipinski definition) is 4. The molecule has 17 heavy (non-hydrogen) atoms. The molecule has 1 saturated heterocycles. The first-order valence-corrected chi connectivity index (χ1v) is 5.77. The summed E-state index contributed by atoms with van der Waals surface area (Å²) in [4.78, 5) is 12.2. The van der Waals surface area contributed by atoms with Crippen LogP contribution in [0.1, 0.15) is 30.8 Å². The number of ether oxygens (including phenoxy) is 1. The highest BCUT2D eigenvalue weighted by Gasteiger charge is 2.32. The van der Waals surface area contributed by atoms with E-state index < -0.39 is 0 Å². The lowest BCUT2D eigenvalue weighted by atomic mass is 10.0. The number of aromatic nitrogens is 2. The van der Waals surface area contributed by atoms with Crippen LogP contribution in [0.4, 0.5) is 5.69 Å². The van der Waals surface area contributed by atoms with Gasteiger partial charge in [-0.3, -0.25) is 9.48 Å². The predicted octanol–water partition coefficient (Wildman–Crippen LogP) is 0.394. The second-order valence-corrected chi connectivity index (χ2v) is 4.58. The van der Waals surface area contributed by atoms with E-state index in [-0.39, 0.29) is 11.4 Å². The Morgan fingerprint density at radius 2 is 2.53 bits per heavy atom. The van der Waals surface area contributed by atoms with E-state index in [0.717, 1.165) is 6.42 Å². The first kappa shape index (κ1) is 11.9. The highest BCUT2D eigenvalue weighted by atomic mass is 16.5. The standard InChI is InChI=1S/C11H18N4O2/c1-3-15-9(8(12)6-13-15)10(16)14-11(2)4-5-17-7-11/h6H,3-5,7,12H2,1-2H3,(H,14,16). The van der Waals surface area contributed by atoms with E-state index in [2.05, 4.69) is 10.4 Å². The normalized spacial score (nSPS) is 23.9. The molecule has 0 radical (unpaired) electrons. The lowest BCUT2D eigenvalue weighted by molar-refractivity contribution is 0.0880. The van der Waals surface area contributed by atoms with E-state index in [1.54, 1.807) is 4.68 Å². The molecule has 0 saturated carbocycles. The Morgan fingerprint density at radius 3 is 3.12 bits per heavy atom. The molecule has 1 fully saturated rings. The molecule has 94 valence electrons. The molecule has 1 aliphatic rings. The molecule has 1 atom stereocenters. The van der Waals surface area contributed by atoms with Crippen LogP contribution in [0, 0.1) is 0 Å². The smallest absolute Gasteiger partial charge is 0.272 e. The van der Waals surface area contributed by atoms with Crippen LogP contribution in [-0.2, 0) is 11.3 Å². The van der Waals surface area contributed by atoms with Crippen molar-refractivity contribution in [2.24, 2.45) is 0 Å². The second kappa shape index (κ2) is 4.37. The van der Waals surface area contributed by atoms with Gasteiger partial charge in [0.15, 0.2) is 0 Å². The average Bonchev–Trinajstić information content (AvgIpc) is 2.84. The summed E-state index contributed by atoms with van der Waals surface area (Å²) in [5.41, 5.74) is 6.30. The molecule has 1 unspecified atom stereocenters. The monoisotopic (exact) mass is 238 g/mol. The molecule has 1 aliphatic heterocycles. The molecule has 0 bridgehead atoms. The zero-order valence-electron chi connectivity index (χ0n) is 10.2. The number of hydrogen-bond donors (Lipinski definition) is 2. The van der Waals surface area contributed by atoms with E-state index in [4.69, 9.17) is 10.5 Å². The summed E-state index contributed by atoms with van der Waals surface area (Å²) >= 11 is 0. The number of carbonyl (C=O) groups excluding carboxylic acids is 1. The highest BCUT2D eigenvalue weighted by molar-refractivity contribution is 5.97. The molecule has 6 nitrogen and oxygen atoms in total. The van der Waals surface area contributed by atoms with Gasteiger partial charge in [-0.2, -0.15) is 5.10 Å². The number of anilines is 1. The van der Waals surface area contributed by atoms with Gasteiger partial charge >= 0.3 is 0 Å². The van der Waals surface area contributed by atoms with Gasteiger partial charge in [0.25, 0.3) is 5.91 Å². The molecule has 0 aliphatic carbocycles. The predicted molar refractivity (Wildman–Crippen MR) is 63.6 cm³/mol. The SMILES string of the molecule is CCn1ncc(N)c1C(=O)NC1(C)CCOC1. The third kappa shape index (κ3) is 2.26. The fourth-order valence-electron chi connectivity index (χ4n) is 1.99. The Morgan fingerprint density at radius 1 is 1.76 bits per heavy atom. The molecule has 1 amide bonds.